The quantitative estimate of drug-likeness (QED) is 0.838. The molecule has 138 valence electrons. The number of hydrogen-bond donors (Lipinski definition) is 1. The number of nitrogens with zero attached hydrogens (tertiary/aromatic N) is 1. The number of benzene rings is 2. The van der Waals surface area contributed by atoms with Crippen molar-refractivity contribution in [1.29, 1.82) is 0 Å². The molecule has 7 nitrogen and oxygen atoms in total. The summed E-state index contributed by atoms with van der Waals surface area (Å²) < 4.78 is 36.4. The molecule has 0 fully saturated rings. The molecule has 0 aliphatic carbocycles. The number of hydrogen-bond acceptors (Lipinski definition) is 5. The molecule has 0 bridgehead atoms. The lowest BCUT2D eigenvalue weighted by molar-refractivity contribution is -0.117. The molecule has 1 aliphatic heterocycles. The first-order chi connectivity index (χ1) is 12.4. The third-order valence-corrected chi connectivity index (χ3v) is 5.16. The second-order valence-electron chi connectivity index (χ2n) is 5.88. The van der Waals surface area contributed by atoms with Crippen LogP contribution in [0.3, 0.4) is 0 Å². The molecule has 0 saturated carbocycles. The number of amides is 1. The van der Waals surface area contributed by atoms with Crippen LogP contribution in [0.5, 0.6) is 11.5 Å². The maximum atomic E-state index is 12.8. The number of anilines is 2. The van der Waals surface area contributed by atoms with Crippen molar-refractivity contribution in [2.45, 2.75) is 19.4 Å². The molecule has 1 aliphatic rings. The first kappa shape index (κ1) is 18.1. The van der Waals surface area contributed by atoms with Gasteiger partial charge < -0.3 is 14.8 Å². The van der Waals surface area contributed by atoms with Crippen molar-refractivity contribution in [3.05, 3.63) is 48.5 Å². The summed E-state index contributed by atoms with van der Waals surface area (Å²) in [7, 11) is -3.65. The Hall–Kier alpha value is -2.74. The molecule has 1 heterocycles. The lowest BCUT2D eigenvalue weighted by Crippen LogP contribution is -2.46. The number of ether oxygens (including phenoxy) is 2. The van der Waals surface area contributed by atoms with E-state index < -0.39 is 22.0 Å². The highest BCUT2D eigenvalue weighted by atomic mass is 32.2. The smallest absolute Gasteiger partial charge is 0.248 e. The Kier molecular flexibility index (Phi) is 5.03. The molecule has 2 aromatic carbocycles. The molecule has 1 atom stereocenters. The molecule has 8 heteroatoms. The molecule has 1 amide bonds. The molecular weight excluding hydrogens is 356 g/mol. The van der Waals surface area contributed by atoms with Gasteiger partial charge in [0.2, 0.25) is 22.7 Å². The minimum atomic E-state index is -3.65. The van der Waals surface area contributed by atoms with Crippen LogP contribution in [0.1, 0.15) is 13.3 Å². The average Bonchev–Trinajstić information content (AvgIpc) is 3.06. The topological polar surface area (TPSA) is 84.9 Å². The van der Waals surface area contributed by atoms with Gasteiger partial charge in [-0.05, 0) is 30.7 Å². The Morgan fingerprint density at radius 3 is 2.50 bits per heavy atom. The van der Waals surface area contributed by atoms with Gasteiger partial charge in [0, 0.05) is 11.8 Å². The van der Waals surface area contributed by atoms with Crippen LogP contribution in [0, 0.1) is 0 Å². The molecule has 0 saturated heterocycles. The maximum absolute atomic E-state index is 12.8. The molecule has 2 aromatic rings. The molecule has 0 spiro atoms. The van der Waals surface area contributed by atoms with Crippen molar-refractivity contribution in [3.63, 3.8) is 0 Å². The van der Waals surface area contributed by atoms with Gasteiger partial charge in [0.15, 0.2) is 11.5 Å². The summed E-state index contributed by atoms with van der Waals surface area (Å²) in [5.41, 5.74) is 0.960. The van der Waals surface area contributed by atoms with Gasteiger partial charge in [-0.3, -0.25) is 9.10 Å². The van der Waals surface area contributed by atoms with Crippen LogP contribution >= 0.6 is 0 Å². The Labute approximate surface area is 152 Å². The van der Waals surface area contributed by atoms with Gasteiger partial charge in [0.25, 0.3) is 0 Å². The number of carbonyl (C=O) groups excluding carboxylic acids is 1. The van der Waals surface area contributed by atoms with Gasteiger partial charge in [-0.1, -0.05) is 25.1 Å². The van der Waals surface area contributed by atoms with E-state index in [1.807, 2.05) is 0 Å². The summed E-state index contributed by atoms with van der Waals surface area (Å²) in [5, 5.41) is 2.76. The van der Waals surface area contributed by atoms with Crippen molar-refractivity contribution in [2.24, 2.45) is 0 Å². The van der Waals surface area contributed by atoms with Crippen LogP contribution in [0.2, 0.25) is 0 Å². The monoisotopic (exact) mass is 376 g/mol. The SMILES string of the molecule is CC[C@H](C(=O)Nc1ccc2c(c1)OCO2)N(c1ccccc1)S(C)(=O)=O. The number of sulfonamides is 1. The molecular formula is C18H20N2O5S. The Morgan fingerprint density at radius 2 is 1.85 bits per heavy atom. The summed E-state index contributed by atoms with van der Waals surface area (Å²) in [6.07, 6.45) is 1.41. The van der Waals surface area contributed by atoms with Gasteiger partial charge >= 0.3 is 0 Å². The number of rotatable bonds is 6. The van der Waals surface area contributed by atoms with E-state index in [1.165, 1.54) is 0 Å². The molecule has 0 unspecified atom stereocenters. The summed E-state index contributed by atoms with van der Waals surface area (Å²) in [6.45, 7) is 1.91. The molecule has 1 N–H and O–H groups in total. The Morgan fingerprint density at radius 1 is 1.15 bits per heavy atom. The van der Waals surface area contributed by atoms with E-state index in [0.717, 1.165) is 10.6 Å². The lowest BCUT2D eigenvalue weighted by Gasteiger charge is -2.30. The number of fused-ring (bicyclic) bond motifs is 1. The minimum absolute atomic E-state index is 0.139. The average molecular weight is 376 g/mol. The van der Waals surface area contributed by atoms with E-state index in [0.29, 0.717) is 29.3 Å². The predicted octanol–water partition coefficient (Wildman–Crippen LogP) is 2.60. The number of nitrogens with one attached hydrogen (secondary N) is 1. The molecule has 3 rings (SSSR count). The van der Waals surface area contributed by atoms with Crippen LogP contribution in [0.4, 0.5) is 11.4 Å². The normalized spacial score (nSPS) is 13.9. The van der Waals surface area contributed by atoms with Crippen LogP contribution in [0.25, 0.3) is 0 Å². The van der Waals surface area contributed by atoms with E-state index in [4.69, 9.17) is 9.47 Å². The summed E-state index contributed by atoms with van der Waals surface area (Å²) in [6, 6.07) is 12.7. The zero-order chi connectivity index (χ0) is 18.7. The summed E-state index contributed by atoms with van der Waals surface area (Å²) in [5.74, 6) is 0.733. The maximum Gasteiger partial charge on any atom is 0.248 e. The first-order valence-corrected chi connectivity index (χ1v) is 10.00. The fourth-order valence-corrected chi connectivity index (χ4v) is 4.05. The summed E-state index contributed by atoms with van der Waals surface area (Å²) >= 11 is 0. The van der Waals surface area contributed by atoms with Gasteiger partial charge in [-0.15, -0.1) is 0 Å². The zero-order valence-corrected chi connectivity index (χ0v) is 15.3. The van der Waals surface area contributed by atoms with Crippen LogP contribution in [-0.2, 0) is 14.8 Å². The molecule has 0 radical (unpaired) electrons. The van der Waals surface area contributed by atoms with E-state index in [9.17, 15) is 13.2 Å². The summed E-state index contributed by atoms with van der Waals surface area (Å²) in [4.78, 5) is 12.8. The van der Waals surface area contributed by atoms with E-state index in [-0.39, 0.29) is 6.79 Å². The van der Waals surface area contributed by atoms with Crippen LogP contribution < -0.4 is 19.1 Å². The second kappa shape index (κ2) is 7.25. The highest BCUT2D eigenvalue weighted by Gasteiger charge is 2.31. The number of para-hydroxylation sites is 1. The van der Waals surface area contributed by atoms with Gasteiger partial charge in [0.05, 0.1) is 11.9 Å². The van der Waals surface area contributed by atoms with Crippen molar-refractivity contribution in [1.82, 2.24) is 0 Å². The van der Waals surface area contributed by atoms with Crippen molar-refractivity contribution in [3.8, 4) is 11.5 Å². The Balaban J connectivity index is 1.87. The largest absolute Gasteiger partial charge is 0.454 e. The highest BCUT2D eigenvalue weighted by Crippen LogP contribution is 2.34. The van der Waals surface area contributed by atoms with Crippen molar-refractivity contribution >= 4 is 27.3 Å². The molecule has 0 aromatic heterocycles. The van der Waals surface area contributed by atoms with Crippen LogP contribution in [0.15, 0.2) is 48.5 Å². The van der Waals surface area contributed by atoms with Gasteiger partial charge in [-0.25, -0.2) is 8.42 Å². The lowest BCUT2D eigenvalue weighted by atomic mass is 10.1. The third kappa shape index (κ3) is 3.75. The van der Waals surface area contributed by atoms with Gasteiger partial charge in [0.1, 0.15) is 6.04 Å². The zero-order valence-electron chi connectivity index (χ0n) is 14.5. The van der Waals surface area contributed by atoms with E-state index in [2.05, 4.69) is 5.32 Å². The highest BCUT2D eigenvalue weighted by molar-refractivity contribution is 7.92. The fraction of sp³-hybridized carbons (Fsp3) is 0.278. The number of carbonyl (C=O) groups is 1. The second-order valence-corrected chi connectivity index (χ2v) is 7.74. The van der Waals surface area contributed by atoms with Crippen LogP contribution in [-0.4, -0.2) is 33.4 Å². The molecule has 26 heavy (non-hydrogen) atoms. The van der Waals surface area contributed by atoms with E-state index in [1.54, 1.807) is 55.5 Å². The van der Waals surface area contributed by atoms with Crippen molar-refractivity contribution in [2.75, 3.05) is 22.7 Å². The third-order valence-electron chi connectivity index (χ3n) is 3.98. The first-order valence-electron chi connectivity index (χ1n) is 8.15. The van der Waals surface area contributed by atoms with Gasteiger partial charge in [-0.2, -0.15) is 0 Å². The fourth-order valence-electron chi connectivity index (χ4n) is 2.84. The minimum Gasteiger partial charge on any atom is -0.454 e. The standard InChI is InChI=1S/C18H20N2O5S/c1-3-15(20(26(2,22)23)14-7-5-4-6-8-14)18(21)19-13-9-10-16-17(11-13)25-12-24-16/h4-11,15H,3,12H2,1-2H3,(H,19,21)/t15-/m1/s1. The Bertz CT molecular complexity index is 899. The van der Waals surface area contributed by atoms with Crippen molar-refractivity contribution < 1.29 is 22.7 Å². The van der Waals surface area contributed by atoms with E-state index >= 15 is 0 Å². The predicted molar refractivity (Wildman–Crippen MR) is 99.0 cm³/mol.